The van der Waals surface area contributed by atoms with Gasteiger partial charge in [0.15, 0.2) is 0 Å². The normalized spacial score (nSPS) is 10.9. The van der Waals surface area contributed by atoms with Crippen LogP contribution in [0, 0.1) is 0 Å². The summed E-state index contributed by atoms with van der Waals surface area (Å²) in [5.74, 6) is 0.690. The molecule has 0 aliphatic heterocycles. The van der Waals surface area contributed by atoms with Crippen molar-refractivity contribution in [1.29, 1.82) is 0 Å². The summed E-state index contributed by atoms with van der Waals surface area (Å²) < 4.78 is 0. The Labute approximate surface area is 143 Å². The smallest absolute Gasteiger partial charge is 0.224 e. The molecule has 0 bridgehead atoms. The molecule has 4 aromatic heterocycles. The number of anilines is 1. The monoisotopic (exact) mass is 333 g/mol. The van der Waals surface area contributed by atoms with Crippen LogP contribution in [-0.2, 0) is 0 Å². The first-order chi connectivity index (χ1) is 11.7. The molecule has 6 heteroatoms. The molecule has 4 rings (SSSR count). The third-order valence-electron chi connectivity index (χ3n) is 3.66. The van der Waals surface area contributed by atoms with E-state index >= 15 is 0 Å². The van der Waals surface area contributed by atoms with E-state index in [2.05, 4.69) is 33.2 Å². The van der Waals surface area contributed by atoms with Gasteiger partial charge in [0.1, 0.15) is 4.83 Å². The minimum atomic E-state index is 0.690. The molecule has 0 saturated carbocycles. The highest BCUT2D eigenvalue weighted by Gasteiger charge is 2.08. The molecule has 24 heavy (non-hydrogen) atoms. The quantitative estimate of drug-likeness (QED) is 0.569. The van der Waals surface area contributed by atoms with Crippen LogP contribution in [0.2, 0.25) is 0 Å². The van der Waals surface area contributed by atoms with Gasteiger partial charge in [-0.2, -0.15) is 0 Å². The molecule has 0 fully saturated rings. The van der Waals surface area contributed by atoms with E-state index in [0.717, 1.165) is 27.0 Å². The van der Waals surface area contributed by atoms with E-state index in [-0.39, 0.29) is 0 Å². The van der Waals surface area contributed by atoms with E-state index in [4.69, 9.17) is 4.98 Å². The van der Waals surface area contributed by atoms with Crippen LogP contribution in [0.5, 0.6) is 0 Å². The number of rotatable bonds is 3. The zero-order valence-corrected chi connectivity index (χ0v) is 14.2. The van der Waals surface area contributed by atoms with Crippen molar-refractivity contribution in [1.82, 2.24) is 19.9 Å². The van der Waals surface area contributed by atoms with Crippen molar-refractivity contribution in [2.24, 2.45) is 0 Å². The zero-order chi connectivity index (χ0) is 16.5. The number of hydrogen-bond acceptors (Lipinski definition) is 6. The number of fused-ring (bicyclic) bond motifs is 1. The van der Waals surface area contributed by atoms with E-state index < -0.39 is 0 Å². The van der Waals surface area contributed by atoms with E-state index in [1.807, 2.05) is 49.7 Å². The molecule has 118 valence electrons. The van der Waals surface area contributed by atoms with Crippen LogP contribution in [-0.4, -0.2) is 34.0 Å². The minimum absolute atomic E-state index is 0.690. The molecule has 0 radical (unpaired) electrons. The Hall–Kier alpha value is -2.86. The Morgan fingerprint density at radius 3 is 2.50 bits per heavy atom. The van der Waals surface area contributed by atoms with Crippen LogP contribution in [0.3, 0.4) is 0 Å². The van der Waals surface area contributed by atoms with Crippen LogP contribution in [0.25, 0.3) is 31.9 Å². The summed E-state index contributed by atoms with van der Waals surface area (Å²) in [7, 11) is 3.84. The molecular formula is C18H15N5S. The summed E-state index contributed by atoms with van der Waals surface area (Å²) in [6.45, 7) is 0. The van der Waals surface area contributed by atoms with Crippen molar-refractivity contribution in [3.8, 4) is 21.7 Å². The van der Waals surface area contributed by atoms with Gasteiger partial charge in [0, 0.05) is 60.3 Å². The highest BCUT2D eigenvalue weighted by atomic mass is 32.1. The number of nitrogens with zero attached hydrogens (tertiary/aromatic N) is 5. The van der Waals surface area contributed by atoms with Gasteiger partial charge >= 0.3 is 0 Å². The number of pyridine rings is 2. The van der Waals surface area contributed by atoms with Crippen LogP contribution < -0.4 is 4.90 Å². The second-order valence-electron chi connectivity index (χ2n) is 5.61. The third kappa shape index (κ3) is 2.72. The molecule has 4 heterocycles. The second kappa shape index (κ2) is 5.98. The summed E-state index contributed by atoms with van der Waals surface area (Å²) in [5.41, 5.74) is 2.91. The van der Waals surface area contributed by atoms with Crippen LogP contribution >= 0.6 is 11.3 Å². The Morgan fingerprint density at radius 2 is 1.79 bits per heavy atom. The van der Waals surface area contributed by atoms with Crippen LogP contribution in [0.15, 0.2) is 55.1 Å². The Morgan fingerprint density at radius 1 is 0.958 bits per heavy atom. The van der Waals surface area contributed by atoms with Crippen molar-refractivity contribution < 1.29 is 0 Å². The minimum Gasteiger partial charge on any atom is -0.347 e. The average molecular weight is 333 g/mol. The van der Waals surface area contributed by atoms with Gasteiger partial charge in [0.25, 0.3) is 0 Å². The largest absolute Gasteiger partial charge is 0.347 e. The molecule has 0 atom stereocenters. The van der Waals surface area contributed by atoms with Gasteiger partial charge in [-0.05, 0) is 24.3 Å². The molecule has 0 aliphatic carbocycles. The van der Waals surface area contributed by atoms with Crippen molar-refractivity contribution in [3.05, 3.63) is 55.1 Å². The Kier molecular flexibility index (Phi) is 3.66. The fourth-order valence-corrected chi connectivity index (χ4v) is 3.44. The second-order valence-corrected chi connectivity index (χ2v) is 6.64. The van der Waals surface area contributed by atoms with Crippen molar-refractivity contribution in [2.45, 2.75) is 0 Å². The zero-order valence-electron chi connectivity index (χ0n) is 13.3. The Bertz CT molecular complexity index is 977. The van der Waals surface area contributed by atoms with Gasteiger partial charge in [-0.1, -0.05) is 6.07 Å². The fourth-order valence-electron chi connectivity index (χ4n) is 2.41. The van der Waals surface area contributed by atoms with Crippen molar-refractivity contribution in [2.75, 3.05) is 19.0 Å². The molecule has 0 spiro atoms. The van der Waals surface area contributed by atoms with Crippen LogP contribution in [0.1, 0.15) is 0 Å². The van der Waals surface area contributed by atoms with E-state index in [0.29, 0.717) is 5.95 Å². The lowest BCUT2D eigenvalue weighted by atomic mass is 10.2. The maximum atomic E-state index is 4.77. The topological polar surface area (TPSA) is 54.8 Å². The standard InChI is InChI=1S/C18H15N5S/c1-23(2)18-20-10-14(11-21-18)15-6-5-12-8-16(24-17(12)22-15)13-4-3-7-19-9-13/h3-11H,1-2H3. The van der Waals surface area contributed by atoms with Crippen molar-refractivity contribution in [3.63, 3.8) is 0 Å². The Balaban J connectivity index is 1.73. The highest BCUT2D eigenvalue weighted by molar-refractivity contribution is 7.21. The number of aromatic nitrogens is 4. The maximum Gasteiger partial charge on any atom is 0.224 e. The summed E-state index contributed by atoms with van der Waals surface area (Å²) in [5, 5.41) is 1.13. The molecule has 0 unspecified atom stereocenters. The molecule has 4 aromatic rings. The molecule has 0 aromatic carbocycles. The maximum absolute atomic E-state index is 4.77. The van der Waals surface area contributed by atoms with Gasteiger partial charge in [-0.25, -0.2) is 15.0 Å². The predicted molar refractivity (Wildman–Crippen MR) is 98.2 cm³/mol. The molecule has 5 nitrogen and oxygen atoms in total. The van der Waals surface area contributed by atoms with Gasteiger partial charge in [0.05, 0.1) is 5.69 Å². The van der Waals surface area contributed by atoms with Gasteiger partial charge < -0.3 is 4.90 Å². The van der Waals surface area contributed by atoms with Gasteiger partial charge in [-0.15, -0.1) is 11.3 Å². The summed E-state index contributed by atoms with van der Waals surface area (Å²) in [6.07, 6.45) is 7.28. The first kappa shape index (κ1) is 14.7. The fraction of sp³-hybridized carbons (Fsp3) is 0.111. The lowest BCUT2D eigenvalue weighted by molar-refractivity contribution is 0.999. The first-order valence-corrected chi connectivity index (χ1v) is 8.33. The average Bonchev–Trinajstić information content (AvgIpc) is 3.06. The van der Waals surface area contributed by atoms with Gasteiger partial charge in [0.2, 0.25) is 5.95 Å². The molecule has 0 amide bonds. The predicted octanol–water partition coefficient (Wildman–Crippen LogP) is 3.88. The molecule has 0 saturated heterocycles. The highest BCUT2D eigenvalue weighted by Crippen LogP contribution is 2.33. The molecule has 0 N–H and O–H groups in total. The SMILES string of the molecule is CN(C)c1ncc(-c2ccc3cc(-c4cccnc4)sc3n2)cn1. The van der Waals surface area contributed by atoms with Crippen molar-refractivity contribution >= 4 is 27.5 Å². The van der Waals surface area contributed by atoms with E-state index in [1.54, 1.807) is 17.5 Å². The van der Waals surface area contributed by atoms with E-state index in [9.17, 15) is 0 Å². The third-order valence-corrected chi connectivity index (χ3v) is 4.76. The summed E-state index contributed by atoms with van der Waals surface area (Å²) in [6, 6.07) is 10.3. The van der Waals surface area contributed by atoms with E-state index in [1.165, 1.54) is 4.88 Å². The summed E-state index contributed by atoms with van der Waals surface area (Å²) in [4.78, 5) is 21.7. The molecule has 0 aliphatic rings. The summed E-state index contributed by atoms with van der Waals surface area (Å²) >= 11 is 1.67. The number of thiophene rings is 1. The van der Waals surface area contributed by atoms with Crippen LogP contribution in [0.4, 0.5) is 5.95 Å². The first-order valence-electron chi connectivity index (χ1n) is 7.51. The lowest BCUT2D eigenvalue weighted by Crippen LogP contribution is -2.12. The number of hydrogen-bond donors (Lipinski definition) is 0. The van der Waals surface area contributed by atoms with Gasteiger partial charge in [-0.3, -0.25) is 4.98 Å². The lowest BCUT2D eigenvalue weighted by Gasteiger charge is -2.09. The molecular weight excluding hydrogens is 318 g/mol.